The van der Waals surface area contributed by atoms with Gasteiger partial charge in [0.25, 0.3) is 0 Å². The number of pyridine rings is 1. The van der Waals surface area contributed by atoms with Gasteiger partial charge in [-0.25, -0.2) is 15.0 Å². The number of hydrogen-bond donors (Lipinski definition) is 0. The molecule has 1 aliphatic heterocycles. The van der Waals surface area contributed by atoms with Crippen LogP contribution in [0.1, 0.15) is 22.3 Å². The summed E-state index contributed by atoms with van der Waals surface area (Å²) in [5.74, 6) is 3.48. The highest BCUT2D eigenvalue weighted by Gasteiger charge is 2.51. The summed E-state index contributed by atoms with van der Waals surface area (Å²) in [4.78, 5) is 20.0. The molecule has 2 aliphatic rings. The molecule has 0 unspecified atom stereocenters. The Labute approximate surface area is 312 Å². The average molecular weight is 691 g/mol. The summed E-state index contributed by atoms with van der Waals surface area (Å²) >= 11 is 0. The summed E-state index contributed by atoms with van der Waals surface area (Å²) in [6, 6.07) is 61.2. The lowest BCUT2D eigenvalue weighted by atomic mass is 9.65. The van der Waals surface area contributed by atoms with E-state index in [1.165, 1.54) is 22.3 Å². The summed E-state index contributed by atoms with van der Waals surface area (Å²) in [6.45, 7) is 0. The lowest BCUT2D eigenvalue weighted by Gasteiger charge is -2.40. The van der Waals surface area contributed by atoms with Crippen molar-refractivity contribution in [3.63, 3.8) is 0 Å². The molecule has 5 heteroatoms. The van der Waals surface area contributed by atoms with E-state index in [-0.39, 0.29) is 0 Å². The van der Waals surface area contributed by atoms with E-state index in [2.05, 4.69) is 109 Å². The Kier molecular flexibility index (Phi) is 6.70. The number of hydrogen-bond acceptors (Lipinski definition) is 5. The standard InChI is InChI=1S/C49H30N4O/c1-3-13-32(14-4-1)46-51-47(33-15-5-2-6-16-33)53-48(52-46)35-25-27-44-42(30-35)49(39-22-9-7-19-37(39)38-20-8-10-23-40(38)49)41-29-34(24-26-43(41)54-44)36-21-11-17-31-18-12-28-50-45(31)36/h1-30H. The third-order valence-electron chi connectivity index (χ3n) is 10.8. The summed E-state index contributed by atoms with van der Waals surface area (Å²) in [7, 11) is 0. The fraction of sp³-hybridized carbons (Fsp3) is 0.0204. The van der Waals surface area contributed by atoms with Gasteiger partial charge >= 0.3 is 0 Å². The molecule has 0 atom stereocenters. The first-order valence-electron chi connectivity index (χ1n) is 18.1. The summed E-state index contributed by atoms with van der Waals surface area (Å²) in [6.07, 6.45) is 1.86. The van der Waals surface area contributed by atoms with Crippen LogP contribution in [0.4, 0.5) is 0 Å². The average Bonchev–Trinajstić information content (AvgIpc) is 3.54. The first kappa shape index (κ1) is 30.4. The molecule has 5 nitrogen and oxygen atoms in total. The zero-order chi connectivity index (χ0) is 35.6. The molecule has 9 aromatic rings. The minimum absolute atomic E-state index is 0.599. The molecule has 0 amide bonds. The van der Waals surface area contributed by atoms with E-state index in [0.29, 0.717) is 17.5 Å². The quantitative estimate of drug-likeness (QED) is 0.184. The van der Waals surface area contributed by atoms with E-state index in [0.717, 1.165) is 61.3 Å². The molecule has 0 bridgehead atoms. The van der Waals surface area contributed by atoms with Gasteiger partial charge in [-0.1, -0.05) is 140 Å². The smallest absolute Gasteiger partial charge is 0.164 e. The largest absolute Gasteiger partial charge is 0.457 e. The van der Waals surface area contributed by atoms with Crippen LogP contribution < -0.4 is 4.74 Å². The highest BCUT2D eigenvalue weighted by molar-refractivity contribution is 5.95. The maximum Gasteiger partial charge on any atom is 0.164 e. The van der Waals surface area contributed by atoms with E-state index in [4.69, 9.17) is 24.7 Å². The normalized spacial score (nSPS) is 13.1. The molecule has 2 aromatic heterocycles. The fourth-order valence-corrected chi connectivity index (χ4v) is 8.48. The predicted octanol–water partition coefficient (Wildman–Crippen LogP) is 11.6. The topological polar surface area (TPSA) is 60.8 Å². The van der Waals surface area contributed by atoms with Crippen molar-refractivity contribution >= 4 is 10.9 Å². The Morgan fingerprint density at radius 2 is 0.870 bits per heavy atom. The second-order valence-corrected chi connectivity index (χ2v) is 13.8. The van der Waals surface area contributed by atoms with E-state index in [1.807, 2.05) is 72.9 Å². The molecular formula is C49H30N4O. The summed E-state index contributed by atoms with van der Waals surface area (Å²) < 4.78 is 6.88. The van der Waals surface area contributed by atoms with Crippen LogP contribution in [-0.2, 0) is 5.41 Å². The Morgan fingerprint density at radius 1 is 0.370 bits per heavy atom. The number of ether oxygens (including phenoxy) is 1. The number of para-hydroxylation sites is 1. The Morgan fingerprint density at radius 3 is 1.50 bits per heavy atom. The molecule has 0 N–H and O–H groups in total. The van der Waals surface area contributed by atoms with Crippen LogP contribution in [0.2, 0.25) is 0 Å². The van der Waals surface area contributed by atoms with Crippen molar-refractivity contribution in [2.45, 2.75) is 5.41 Å². The van der Waals surface area contributed by atoms with Crippen LogP contribution in [0, 0.1) is 0 Å². The lowest BCUT2D eigenvalue weighted by Crippen LogP contribution is -2.32. The van der Waals surface area contributed by atoms with E-state index < -0.39 is 5.41 Å². The molecule has 1 aliphatic carbocycles. The van der Waals surface area contributed by atoms with Gasteiger partial charge in [0.1, 0.15) is 11.5 Å². The molecule has 0 saturated carbocycles. The van der Waals surface area contributed by atoms with Crippen LogP contribution >= 0.6 is 0 Å². The number of aromatic nitrogens is 4. The second kappa shape index (κ2) is 11.9. The first-order valence-corrected chi connectivity index (χ1v) is 18.1. The molecule has 0 radical (unpaired) electrons. The van der Waals surface area contributed by atoms with Gasteiger partial charge in [0.15, 0.2) is 17.5 Å². The maximum absolute atomic E-state index is 6.88. The van der Waals surface area contributed by atoms with Gasteiger partial charge in [0, 0.05) is 45.0 Å². The number of benzene rings is 7. The molecule has 54 heavy (non-hydrogen) atoms. The van der Waals surface area contributed by atoms with E-state index in [1.54, 1.807) is 0 Å². The van der Waals surface area contributed by atoms with Crippen LogP contribution in [0.3, 0.4) is 0 Å². The highest BCUT2D eigenvalue weighted by Crippen LogP contribution is 2.62. The third-order valence-corrected chi connectivity index (χ3v) is 10.8. The lowest BCUT2D eigenvalue weighted by molar-refractivity contribution is 0.436. The molecule has 7 aromatic carbocycles. The SMILES string of the molecule is c1ccc(-c2nc(-c3ccccc3)nc(-c3ccc4c(c3)C3(c5cc(-c6cccc7cccnc67)ccc5O4)c4ccccc4-c4ccccc43)n2)cc1. The predicted molar refractivity (Wildman–Crippen MR) is 214 cm³/mol. The zero-order valence-corrected chi connectivity index (χ0v) is 29.0. The maximum atomic E-state index is 6.88. The molecule has 11 rings (SSSR count). The van der Waals surface area contributed by atoms with Gasteiger partial charge in [-0.05, 0) is 64.2 Å². The van der Waals surface area contributed by atoms with Gasteiger partial charge in [-0.3, -0.25) is 4.98 Å². The van der Waals surface area contributed by atoms with E-state index in [9.17, 15) is 0 Å². The number of fused-ring (bicyclic) bond motifs is 10. The first-order chi connectivity index (χ1) is 26.8. The second-order valence-electron chi connectivity index (χ2n) is 13.8. The van der Waals surface area contributed by atoms with Gasteiger partial charge in [-0.2, -0.15) is 0 Å². The van der Waals surface area contributed by atoms with Gasteiger partial charge in [0.2, 0.25) is 0 Å². The van der Waals surface area contributed by atoms with Gasteiger partial charge < -0.3 is 4.74 Å². The summed E-state index contributed by atoms with van der Waals surface area (Å²) in [5, 5.41) is 1.10. The Bertz CT molecular complexity index is 2810. The minimum Gasteiger partial charge on any atom is -0.457 e. The molecular weight excluding hydrogens is 661 g/mol. The van der Waals surface area contributed by atoms with E-state index >= 15 is 0 Å². The van der Waals surface area contributed by atoms with Gasteiger partial charge in [-0.15, -0.1) is 0 Å². The molecule has 3 heterocycles. The van der Waals surface area contributed by atoms with Crippen LogP contribution in [0.5, 0.6) is 11.5 Å². The van der Waals surface area contributed by atoms with Crippen molar-refractivity contribution in [1.82, 2.24) is 19.9 Å². The highest BCUT2D eigenvalue weighted by atomic mass is 16.5. The molecule has 252 valence electrons. The van der Waals surface area contributed by atoms with Crippen molar-refractivity contribution in [2.75, 3.05) is 0 Å². The van der Waals surface area contributed by atoms with Crippen LogP contribution in [-0.4, -0.2) is 19.9 Å². The van der Waals surface area contributed by atoms with Crippen molar-refractivity contribution in [3.8, 4) is 67.9 Å². The van der Waals surface area contributed by atoms with Crippen molar-refractivity contribution < 1.29 is 4.74 Å². The number of rotatable bonds is 4. The summed E-state index contributed by atoms with van der Waals surface area (Å²) in [5.41, 5.74) is 12.2. The number of nitrogens with zero attached hydrogens (tertiary/aromatic N) is 4. The van der Waals surface area contributed by atoms with Crippen molar-refractivity contribution in [1.29, 1.82) is 0 Å². The van der Waals surface area contributed by atoms with Crippen molar-refractivity contribution in [2.24, 2.45) is 0 Å². The molecule has 1 spiro atoms. The van der Waals surface area contributed by atoms with Crippen LogP contribution in [0.15, 0.2) is 182 Å². The Hall–Kier alpha value is -7.24. The monoisotopic (exact) mass is 690 g/mol. The van der Waals surface area contributed by atoms with Gasteiger partial charge in [0.05, 0.1) is 10.9 Å². The zero-order valence-electron chi connectivity index (χ0n) is 29.0. The fourth-order valence-electron chi connectivity index (χ4n) is 8.48. The molecule has 0 saturated heterocycles. The minimum atomic E-state index is -0.683. The molecule has 0 fully saturated rings. The third kappa shape index (κ3) is 4.52. The Balaban J connectivity index is 1.19. The van der Waals surface area contributed by atoms with Crippen molar-refractivity contribution in [3.05, 3.63) is 204 Å². The van der Waals surface area contributed by atoms with Crippen LogP contribution in [0.25, 0.3) is 67.3 Å².